The molecule has 0 saturated carbocycles. The number of anilines is 7. The third kappa shape index (κ3) is 6.71. The van der Waals surface area contributed by atoms with Crippen LogP contribution < -0.4 is 36.0 Å². The van der Waals surface area contributed by atoms with E-state index in [1.165, 1.54) is 33.4 Å². The van der Waals surface area contributed by atoms with Crippen LogP contribution in [0.2, 0.25) is 0 Å². The molecule has 1 aromatic heterocycles. The van der Waals surface area contributed by atoms with Crippen molar-refractivity contribution >= 4 is 63.0 Å². The van der Waals surface area contributed by atoms with Gasteiger partial charge in [0.05, 0.1) is 0 Å². The fraction of sp³-hybridized carbons (Fsp3) is 0.143. The third-order valence-corrected chi connectivity index (χ3v) is 10.6. The number of hydrogen-bond acceptors (Lipinski definition) is 5. The van der Waals surface area contributed by atoms with Gasteiger partial charge < -0.3 is 19.4 Å². The van der Waals surface area contributed by atoms with Crippen molar-refractivity contribution in [2.75, 3.05) is 14.7 Å². The minimum absolute atomic E-state index is 0. The van der Waals surface area contributed by atoms with E-state index in [0.717, 1.165) is 45.2 Å². The Bertz CT molecular complexity index is 2540. The first-order valence-corrected chi connectivity index (χ1v) is 18.9. The molecule has 6 aromatic carbocycles. The van der Waals surface area contributed by atoms with Crippen LogP contribution in [0.25, 0.3) is 0 Å². The molecular formula is C49H42BN4OPt-3. The molecule has 0 aliphatic carbocycles. The van der Waals surface area contributed by atoms with Crippen LogP contribution >= 0.6 is 0 Å². The Morgan fingerprint density at radius 1 is 0.643 bits per heavy atom. The van der Waals surface area contributed by atoms with Gasteiger partial charge in [-0.25, -0.2) is 0 Å². The average molecular weight is 909 g/mol. The van der Waals surface area contributed by atoms with Gasteiger partial charge in [-0.1, -0.05) is 92.7 Å². The van der Waals surface area contributed by atoms with Crippen molar-refractivity contribution in [3.8, 4) is 11.5 Å². The molecule has 5 nitrogen and oxygen atoms in total. The van der Waals surface area contributed by atoms with Crippen molar-refractivity contribution in [2.24, 2.45) is 0 Å². The van der Waals surface area contributed by atoms with Crippen LogP contribution in [0.3, 0.4) is 0 Å². The van der Waals surface area contributed by atoms with Crippen LogP contribution in [0, 0.1) is 39.6 Å². The number of hydrogen-bond donors (Lipinski definition) is 0. The summed E-state index contributed by atoms with van der Waals surface area (Å²) >= 11 is 0. The minimum Gasteiger partial charge on any atom is -0.509 e. The average Bonchev–Trinajstić information content (AvgIpc) is 3.56. The van der Waals surface area contributed by atoms with Gasteiger partial charge in [-0.3, -0.25) is 4.98 Å². The zero-order valence-electron chi connectivity index (χ0n) is 32.4. The van der Waals surface area contributed by atoms with Crippen molar-refractivity contribution in [3.63, 3.8) is 0 Å². The predicted octanol–water partition coefficient (Wildman–Crippen LogP) is 10.4. The van der Waals surface area contributed by atoms with Gasteiger partial charge in [0.25, 0.3) is 0 Å². The number of nitrogens with zero attached hydrogens (tertiary/aromatic N) is 4. The normalized spacial score (nSPS) is 13.2. The second-order valence-corrected chi connectivity index (χ2v) is 15.6. The molecular weight excluding hydrogens is 866 g/mol. The Hall–Kier alpha value is -5.58. The number of para-hydroxylation sites is 4. The number of fused-ring (bicyclic) bond motifs is 3. The zero-order valence-corrected chi connectivity index (χ0v) is 34.7. The molecule has 0 bridgehead atoms. The number of pyridine rings is 1. The molecule has 56 heavy (non-hydrogen) atoms. The SMILES string of the molecule is Cc1cc(C)c(N2[CH-]N(c3[c-]c(Oc4[c-]c5c(cc4)N(c4ccccc4)c4ccccc4B5c4cc(C(C)(C)C)ccn4)ccc3)c3ccccc32)c(C)c1.[Pt]. The van der Waals surface area contributed by atoms with Gasteiger partial charge in [-0.2, -0.15) is 11.5 Å². The smallest absolute Gasteiger partial charge is 0.245 e. The molecule has 0 saturated heterocycles. The molecule has 0 radical (unpaired) electrons. The van der Waals surface area contributed by atoms with E-state index in [1.807, 2.05) is 24.4 Å². The van der Waals surface area contributed by atoms with Crippen LogP contribution in [0.15, 0.2) is 140 Å². The Morgan fingerprint density at radius 3 is 2.04 bits per heavy atom. The van der Waals surface area contributed by atoms with Gasteiger partial charge in [0.15, 0.2) is 0 Å². The largest absolute Gasteiger partial charge is 0.509 e. The topological polar surface area (TPSA) is 31.8 Å². The summed E-state index contributed by atoms with van der Waals surface area (Å²) in [5, 5.41) is 0. The molecule has 0 N–H and O–H groups in total. The molecule has 7 heteroatoms. The van der Waals surface area contributed by atoms with E-state index in [1.54, 1.807) is 0 Å². The first kappa shape index (κ1) is 37.4. The van der Waals surface area contributed by atoms with Gasteiger partial charge in [0.2, 0.25) is 6.71 Å². The summed E-state index contributed by atoms with van der Waals surface area (Å²) in [6.45, 7) is 15.3. The van der Waals surface area contributed by atoms with Crippen LogP contribution in [0.1, 0.15) is 43.0 Å². The Balaban J connectivity index is 0.00000441. The van der Waals surface area contributed by atoms with E-state index >= 15 is 0 Å². The molecule has 3 heterocycles. The Morgan fingerprint density at radius 2 is 1.30 bits per heavy atom. The summed E-state index contributed by atoms with van der Waals surface area (Å²) in [7, 11) is 0. The second kappa shape index (κ2) is 14.8. The molecule has 0 atom stereocenters. The maximum absolute atomic E-state index is 6.68. The monoisotopic (exact) mass is 908 g/mol. The summed E-state index contributed by atoms with van der Waals surface area (Å²) < 4.78 is 6.68. The third-order valence-electron chi connectivity index (χ3n) is 10.6. The summed E-state index contributed by atoms with van der Waals surface area (Å²) in [5.74, 6) is 1.23. The molecule has 0 fully saturated rings. The van der Waals surface area contributed by atoms with E-state index in [2.05, 4.69) is 190 Å². The van der Waals surface area contributed by atoms with Gasteiger partial charge in [0, 0.05) is 72.8 Å². The van der Waals surface area contributed by atoms with Gasteiger partial charge in [-0.15, -0.1) is 48.8 Å². The van der Waals surface area contributed by atoms with E-state index in [9.17, 15) is 0 Å². The van der Waals surface area contributed by atoms with Gasteiger partial charge in [0.1, 0.15) is 0 Å². The number of aromatic nitrogens is 1. The first-order valence-electron chi connectivity index (χ1n) is 18.9. The van der Waals surface area contributed by atoms with Crippen molar-refractivity contribution in [1.29, 1.82) is 0 Å². The number of ether oxygens (including phenoxy) is 1. The number of rotatable bonds is 6. The van der Waals surface area contributed by atoms with Crippen molar-refractivity contribution in [3.05, 3.63) is 181 Å². The minimum atomic E-state index is -0.150. The fourth-order valence-electron chi connectivity index (χ4n) is 8.20. The quantitative estimate of drug-likeness (QED) is 0.123. The summed E-state index contributed by atoms with van der Waals surface area (Å²) in [5.41, 5.74) is 15.7. The Labute approximate surface area is 346 Å². The predicted molar refractivity (Wildman–Crippen MR) is 229 cm³/mol. The molecule has 0 spiro atoms. The number of benzene rings is 6. The fourth-order valence-corrected chi connectivity index (χ4v) is 8.20. The molecule has 2 aliphatic heterocycles. The van der Waals surface area contributed by atoms with E-state index in [4.69, 9.17) is 9.72 Å². The molecule has 7 aromatic rings. The van der Waals surface area contributed by atoms with Gasteiger partial charge in [-0.05, 0) is 90.8 Å². The molecule has 0 unspecified atom stereocenters. The Kier molecular flexibility index (Phi) is 9.89. The summed E-state index contributed by atoms with van der Waals surface area (Å²) in [6, 6.07) is 54.1. The van der Waals surface area contributed by atoms with Crippen LogP contribution in [-0.4, -0.2) is 11.7 Å². The molecule has 2 aliphatic rings. The van der Waals surface area contributed by atoms with Gasteiger partial charge >= 0.3 is 0 Å². The standard InChI is InChI=1S/C49H42BN4O.Pt/c1-33-27-34(2)48(35(3)28-33)53-32-52(45-21-12-13-22-46(45)53)38-17-14-18-39(30-38)55-40-23-24-44-42(31-40)50(47-29-36(25-26-51-47)49(4,5)6)41-19-10-11-20-43(41)54(44)37-15-8-7-9-16-37;/h7-29,32H,1-6H3;/q-3;. The van der Waals surface area contributed by atoms with E-state index < -0.39 is 0 Å². The summed E-state index contributed by atoms with van der Waals surface area (Å²) in [4.78, 5) is 11.8. The zero-order chi connectivity index (χ0) is 37.8. The van der Waals surface area contributed by atoms with Crippen molar-refractivity contribution in [1.82, 2.24) is 4.98 Å². The molecule has 280 valence electrons. The second-order valence-electron chi connectivity index (χ2n) is 15.6. The van der Waals surface area contributed by atoms with Crippen LogP contribution in [-0.2, 0) is 26.5 Å². The van der Waals surface area contributed by atoms with E-state index in [0.29, 0.717) is 11.5 Å². The van der Waals surface area contributed by atoms with Crippen molar-refractivity contribution < 1.29 is 25.8 Å². The molecule has 0 amide bonds. The van der Waals surface area contributed by atoms with Crippen LogP contribution in [0.4, 0.5) is 39.8 Å². The maximum Gasteiger partial charge on any atom is 0.245 e. The van der Waals surface area contributed by atoms with Crippen molar-refractivity contribution in [2.45, 2.75) is 47.0 Å². The van der Waals surface area contributed by atoms with E-state index in [-0.39, 0.29) is 33.2 Å². The maximum atomic E-state index is 6.68. The van der Waals surface area contributed by atoms with Crippen LogP contribution in [0.5, 0.6) is 11.5 Å². The molecule has 9 rings (SSSR count). The number of aryl methyl sites for hydroxylation is 3. The summed E-state index contributed by atoms with van der Waals surface area (Å²) in [6.07, 6.45) is 1.94. The first-order chi connectivity index (χ1) is 26.6.